The van der Waals surface area contributed by atoms with Gasteiger partial charge in [0.2, 0.25) is 0 Å². The summed E-state index contributed by atoms with van der Waals surface area (Å²) < 4.78 is 0. The predicted molar refractivity (Wildman–Crippen MR) is 131 cm³/mol. The molecular weight excluding hydrogens is 386 g/mol. The molecule has 1 heterocycles. The zero-order valence-electron chi connectivity index (χ0n) is 19.0. The monoisotopic (exact) mass is 427 g/mol. The lowest BCUT2D eigenvalue weighted by molar-refractivity contribution is 0.314. The number of rotatable bonds is 12. The van der Waals surface area contributed by atoms with Gasteiger partial charge in [0.15, 0.2) is 5.96 Å². The van der Waals surface area contributed by atoms with Crippen molar-refractivity contribution in [1.82, 2.24) is 20.9 Å². The molecule has 1 aliphatic heterocycles. The summed E-state index contributed by atoms with van der Waals surface area (Å²) in [5.74, 6) is 0.348. The second-order valence-corrected chi connectivity index (χ2v) is 8.14. The van der Waals surface area contributed by atoms with Gasteiger partial charge in [-0.15, -0.1) is 0 Å². The molecule has 0 aliphatic carbocycles. The minimum Gasteiger partial charge on any atom is -0.388 e. The Labute approximate surface area is 187 Å². The standard InChI is InChI=1S/C24H41N7/c1-3-8-23(21(16-25)15-20-9-5-4-6-10-20)29-17-22(18-30-24(26)27)19(2)31-13-7-11-28-12-14-31/h4-6,8-10,21-22,28-29H,2-3,7,11-18,25H2,1H3,(H4,26,27,30)/b23-8+. The molecule has 1 saturated heterocycles. The van der Waals surface area contributed by atoms with Gasteiger partial charge in [-0.1, -0.05) is 49.9 Å². The maximum Gasteiger partial charge on any atom is 0.185 e. The van der Waals surface area contributed by atoms with E-state index in [0.717, 1.165) is 57.7 Å². The summed E-state index contributed by atoms with van der Waals surface area (Å²) in [7, 11) is 0. The van der Waals surface area contributed by atoms with Crippen LogP contribution in [0.1, 0.15) is 25.3 Å². The number of hydrogen-bond donors (Lipinski definition) is 6. The Bertz CT molecular complexity index is 693. The maximum atomic E-state index is 7.58. The molecule has 2 atom stereocenters. The average molecular weight is 428 g/mol. The van der Waals surface area contributed by atoms with Crippen molar-refractivity contribution >= 4 is 5.96 Å². The van der Waals surface area contributed by atoms with Crippen LogP contribution in [0.5, 0.6) is 0 Å². The fraction of sp³-hybridized carbons (Fsp3) is 0.542. The molecule has 0 spiro atoms. The lowest BCUT2D eigenvalue weighted by Gasteiger charge is -2.32. The van der Waals surface area contributed by atoms with Crippen LogP contribution in [0.15, 0.2) is 54.4 Å². The van der Waals surface area contributed by atoms with E-state index >= 15 is 0 Å². The molecule has 0 amide bonds. The summed E-state index contributed by atoms with van der Waals surface area (Å²) in [5, 5.41) is 17.7. The van der Waals surface area contributed by atoms with Crippen molar-refractivity contribution in [1.29, 1.82) is 5.41 Å². The summed E-state index contributed by atoms with van der Waals surface area (Å²) in [6, 6.07) is 10.5. The maximum absolute atomic E-state index is 7.58. The Kier molecular flexibility index (Phi) is 11.0. The van der Waals surface area contributed by atoms with E-state index in [4.69, 9.17) is 16.9 Å². The molecule has 1 aliphatic rings. The van der Waals surface area contributed by atoms with Crippen LogP contribution >= 0.6 is 0 Å². The van der Waals surface area contributed by atoms with Crippen molar-refractivity contribution in [3.8, 4) is 0 Å². The van der Waals surface area contributed by atoms with Crippen LogP contribution in [0.25, 0.3) is 0 Å². The van der Waals surface area contributed by atoms with E-state index in [2.05, 4.69) is 64.7 Å². The molecule has 7 heteroatoms. The molecule has 0 radical (unpaired) electrons. The SMILES string of the molecule is C=C(C(CNC(=N)N)CN/C(=C/CC)C(CN)Cc1ccccc1)N1CCCNCC1. The summed E-state index contributed by atoms with van der Waals surface area (Å²) in [5.41, 5.74) is 15.3. The van der Waals surface area contributed by atoms with Crippen molar-refractivity contribution in [2.24, 2.45) is 23.3 Å². The molecule has 0 saturated carbocycles. The Balaban J connectivity index is 2.08. The molecule has 1 aromatic rings. The van der Waals surface area contributed by atoms with E-state index in [1.807, 2.05) is 6.07 Å². The third-order valence-corrected chi connectivity index (χ3v) is 5.78. The molecule has 1 aromatic carbocycles. The van der Waals surface area contributed by atoms with E-state index < -0.39 is 0 Å². The Morgan fingerprint density at radius 3 is 2.61 bits per heavy atom. The van der Waals surface area contributed by atoms with E-state index in [0.29, 0.717) is 13.1 Å². The van der Waals surface area contributed by atoms with Gasteiger partial charge in [0.1, 0.15) is 0 Å². The third-order valence-electron chi connectivity index (χ3n) is 5.78. The Hall–Kier alpha value is -2.51. The van der Waals surface area contributed by atoms with Crippen LogP contribution in [-0.2, 0) is 6.42 Å². The topological polar surface area (TPSA) is 115 Å². The van der Waals surface area contributed by atoms with Crippen LogP contribution in [-0.4, -0.2) is 56.7 Å². The van der Waals surface area contributed by atoms with Gasteiger partial charge in [-0.05, 0) is 31.4 Å². The first kappa shape index (κ1) is 24.8. The van der Waals surface area contributed by atoms with Crippen molar-refractivity contribution in [3.63, 3.8) is 0 Å². The quantitative estimate of drug-likeness (QED) is 0.223. The first-order valence-corrected chi connectivity index (χ1v) is 11.4. The zero-order valence-corrected chi connectivity index (χ0v) is 19.0. The molecule has 1 fully saturated rings. The van der Waals surface area contributed by atoms with E-state index in [-0.39, 0.29) is 17.8 Å². The van der Waals surface area contributed by atoms with Crippen LogP contribution in [0, 0.1) is 17.2 Å². The molecule has 172 valence electrons. The summed E-state index contributed by atoms with van der Waals surface area (Å²) in [4.78, 5) is 2.36. The molecule has 8 N–H and O–H groups in total. The predicted octanol–water partition coefficient (Wildman–Crippen LogP) is 1.60. The summed E-state index contributed by atoms with van der Waals surface area (Å²) in [6.07, 6.45) is 5.20. The first-order chi connectivity index (χ1) is 15.0. The Morgan fingerprint density at radius 1 is 1.19 bits per heavy atom. The lowest BCUT2D eigenvalue weighted by atomic mass is 9.94. The third kappa shape index (κ3) is 8.63. The number of guanidine groups is 1. The number of benzene rings is 1. The van der Waals surface area contributed by atoms with Gasteiger partial charge in [-0.25, -0.2) is 0 Å². The van der Waals surface area contributed by atoms with Crippen LogP contribution < -0.4 is 27.4 Å². The van der Waals surface area contributed by atoms with E-state index in [1.165, 1.54) is 11.3 Å². The molecule has 0 bridgehead atoms. The largest absolute Gasteiger partial charge is 0.388 e. The van der Waals surface area contributed by atoms with Crippen molar-refractivity contribution in [3.05, 3.63) is 59.9 Å². The highest BCUT2D eigenvalue weighted by Gasteiger charge is 2.21. The summed E-state index contributed by atoms with van der Waals surface area (Å²) in [6.45, 7) is 12.4. The second-order valence-electron chi connectivity index (χ2n) is 8.14. The lowest BCUT2D eigenvalue weighted by Crippen LogP contribution is -2.42. The van der Waals surface area contributed by atoms with Crippen LogP contribution in [0.4, 0.5) is 0 Å². The van der Waals surface area contributed by atoms with Gasteiger partial charge in [0, 0.05) is 62.5 Å². The average Bonchev–Trinajstić information content (AvgIpc) is 3.06. The molecular formula is C24H41N7. The van der Waals surface area contributed by atoms with Gasteiger partial charge in [0.05, 0.1) is 0 Å². The highest BCUT2D eigenvalue weighted by Crippen LogP contribution is 2.19. The van der Waals surface area contributed by atoms with Gasteiger partial charge in [-0.2, -0.15) is 0 Å². The second kappa shape index (κ2) is 13.7. The van der Waals surface area contributed by atoms with Crippen LogP contribution in [0.3, 0.4) is 0 Å². The fourth-order valence-corrected chi connectivity index (χ4v) is 4.00. The number of nitrogens with one attached hydrogen (secondary N) is 4. The van der Waals surface area contributed by atoms with Crippen molar-refractivity contribution in [2.45, 2.75) is 26.2 Å². The molecule has 7 nitrogen and oxygen atoms in total. The first-order valence-electron chi connectivity index (χ1n) is 11.4. The van der Waals surface area contributed by atoms with Gasteiger partial charge < -0.3 is 32.3 Å². The van der Waals surface area contributed by atoms with Gasteiger partial charge in [0.25, 0.3) is 0 Å². The van der Waals surface area contributed by atoms with E-state index in [9.17, 15) is 0 Å². The zero-order chi connectivity index (χ0) is 22.5. The molecule has 2 rings (SSSR count). The fourth-order valence-electron chi connectivity index (χ4n) is 4.00. The molecule has 2 unspecified atom stereocenters. The highest BCUT2D eigenvalue weighted by molar-refractivity contribution is 5.74. The number of nitrogens with zero attached hydrogens (tertiary/aromatic N) is 1. The summed E-state index contributed by atoms with van der Waals surface area (Å²) >= 11 is 0. The van der Waals surface area contributed by atoms with Crippen molar-refractivity contribution < 1.29 is 0 Å². The highest BCUT2D eigenvalue weighted by atomic mass is 15.2. The molecule has 31 heavy (non-hydrogen) atoms. The minimum absolute atomic E-state index is 0.0106. The minimum atomic E-state index is -0.0106. The Morgan fingerprint density at radius 2 is 1.94 bits per heavy atom. The van der Waals surface area contributed by atoms with Gasteiger partial charge in [-0.3, -0.25) is 5.41 Å². The normalized spacial score (nSPS) is 16.8. The smallest absolute Gasteiger partial charge is 0.185 e. The van der Waals surface area contributed by atoms with E-state index in [1.54, 1.807) is 0 Å². The van der Waals surface area contributed by atoms with Crippen LogP contribution in [0.2, 0.25) is 0 Å². The number of hydrogen-bond acceptors (Lipinski definition) is 5. The molecule has 0 aromatic heterocycles. The van der Waals surface area contributed by atoms with Crippen molar-refractivity contribution in [2.75, 3.05) is 45.8 Å². The number of allylic oxidation sites excluding steroid dienone is 1. The van der Waals surface area contributed by atoms with Gasteiger partial charge >= 0.3 is 0 Å². The number of nitrogens with two attached hydrogens (primary N) is 2.